The van der Waals surface area contributed by atoms with Crippen molar-refractivity contribution in [3.63, 3.8) is 0 Å². The molecule has 0 bridgehead atoms. The summed E-state index contributed by atoms with van der Waals surface area (Å²) in [5.41, 5.74) is 7.66. The number of nitrogens with one attached hydrogen (secondary N) is 2. The van der Waals surface area contributed by atoms with Crippen LogP contribution in [0.2, 0.25) is 0 Å². The molecule has 2 rings (SSSR count). The van der Waals surface area contributed by atoms with E-state index in [1.54, 1.807) is 24.3 Å². The smallest absolute Gasteiger partial charge is 0.269 e. The molecule has 0 fully saturated rings. The standard InChI is InChI=1S/C23H32N6O4/c1-5-6-7-8-19(14-29(33)15-30)22(32)27-26-21(31)18-9-11-20(12-10-18)28(4)23-24-16(2)13-17(3)25-23/h9-13,15,19,33H,5-8,14H2,1-4H3,(H,26,31)(H,27,32)/t19-/m1/s1. The number of unbranched alkanes of at least 4 members (excludes halogenated alkanes) is 2. The van der Waals surface area contributed by atoms with Gasteiger partial charge in [-0.15, -0.1) is 0 Å². The van der Waals surface area contributed by atoms with Gasteiger partial charge in [0, 0.05) is 29.7 Å². The topological polar surface area (TPSA) is 128 Å². The summed E-state index contributed by atoms with van der Waals surface area (Å²) in [6.07, 6.45) is 3.41. The number of benzene rings is 1. The van der Waals surface area contributed by atoms with E-state index in [9.17, 15) is 19.6 Å². The molecule has 0 aliphatic heterocycles. The predicted molar refractivity (Wildman–Crippen MR) is 124 cm³/mol. The van der Waals surface area contributed by atoms with Crippen LogP contribution >= 0.6 is 0 Å². The molecule has 2 aromatic rings. The second kappa shape index (κ2) is 12.5. The lowest BCUT2D eigenvalue weighted by Crippen LogP contribution is -2.46. The lowest BCUT2D eigenvalue weighted by atomic mass is 10.0. The number of anilines is 2. The third kappa shape index (κ3) is 7.83. The first kappa shape index (κ1) is 25.7. The quantitative estimate of drug-likeness (QED) is 0.205. The zero-order valence-corrected chi connectivity index (χ0v) is 19.5. The summed E-state index contributed by atoms with van der Waals surface area (Å²) in [4.78, 5) is 46.3. The molecule has 0 aliphatic rings. The predicted octanol–water partition coefficient (Wildman–Crippen LogP) is 2.67. The molecule has 1 atom stereocenters. The molecule has 178 valence electrons. The highest BCUT2D eigenvalue weighted by Crippen LogP contribution is 2.21. The van der Waals surface area contributed by atoms with Gasteiger partial charge < -0.3 is 4.90 Å². The minimum Gasteiger partial charge on any atom is -0.314 e. The molecule has 0 unspecified atom stereocenters. The van der Waals surface area contributed by atoms with E-state index >= 15 is 0 Å². The van der Waals surface area contributed by atoms with E-state index in [-0.39, 0.29) is 13.0 Å². The molecule has 1 aromatic heterocycles. The van der Waals surface area contributed by atoms with Gasteiger partial charge in [0.25, 0.3) is 5.91 Å². The first-order valence-corrected chi connectivity index (χ1v) is 10.9. The second-order valence-corrected chi connectivity index (χ2v) is 7.92. The summed E-state index contributed by atoms with van der Waals surface area (Å²) in [7, 11) is 1.84. The lowest BCUT2D eigenvalue weighted by molar-refractivity contribution is -0.154. The zero-order chi connectivity index (χ0) is 24.4. The molecular formula is C23H32N6O4. The number of carbonyl (C=O) groups excluding carboxylic acids is 3. The van der Waals surface area contributed by atoms with Crippen LogP contribution in [0.25, 0.3) is 0 Å². The van der Waals surface area contributed by atoms with Gasteiger partial charge in [0.05, 0.1) is 12.5 Å². The zero-order valence-electron chi connectivity index (χ0n) is 19.5. The average Bonchev–Trinajstić information content (AvgIpc) is 2.80. The Labute approximate surface area is 193 Å². The molecule has 3 N–H and O–H groups in total. The van der Waals surface area contributed by atoms with Crippen molar-refractivity contribution < 1.29 is 19.6 Å². The molecule has 33 heavy (non-hydrogen) atoms. The maximum atomic E-state index is 12.5. The fraction of sp³-hybridized carbons (Fsp3) is 0.435. The number of aryl methyl sites for hydroxylation is 2. The van der Waals surface area contributed by atoms with Gasteiger partial charge in [0.15, 0.2) is 0 Å². The molecule has 1 heterocycles. The van der Waals surface area contributed by atoms with Crippen LogP contribution in [0.15, 0.2) is 30.3 Å². The largest absolute Gasteiger partial charge is 0.314 e. The Morgan fingerprint density at radius 2 is 1.73 bits per heavy atom. The first-order chi connectivity index (χ1) is 15.7. The SMILES string of the molecule is CCCCC[C@H](CN(O)C=O)C(=O)NNC(=O)c1ccc(N(C)c2nc(C)cc(C)n2)cc1. The number of carbonyl (C=O) groups is 3. The Morgan fingerprint density at radius 3 is 2.30 bits per heavy atom. The minimum atomic E-state index is -0.638. The summed E-state index contributed by atoms with van der Waals surface area (Å²) in [6, 6.07) is 8.69. The Kier molecular flexibility index (Phi) is 9.74. The summed E-state index contributed by atoms with van der Waals surface area (Å²) >= 11 is 0. The summed E-state index contributed by atoms with van der Waals surface area (Å²) in [5, 5.41) is 9.89. The lowest BCUT2D eigenvalue weighted by Gasteiger charge is -2.20. The highest BCUT2D eigenvalue weighted by molar-refractivity contribution is 5.96. The van der Waals surface area contributed by atoms with E-state index in [0.29, 0.717) is 23.0 Å². The number of hydrogen-bond donors (Lipinski definition) is 3. The van der Waals surface area contributed by atoms with E-state index in [4.69, 9.17) is 0 Å². The monoisotopic (exact) mass is 456 g/mol. The second-order valence-electron chi connectivity index (χ2n) is 7.92. The van der Waals surface area contributed by atoms with Gasteiger partial charge in [-0.25, -0.2) is 15.0 Å². The van der Waals surface area contributed by atoms with E-state index in [1.807, 2.05) is 38.8 Å². The highest BCUT2D eigenvalue weighted by Gasteiger charge is 2.21. The van der Waals surface area contributed by atoms with Crippen LogP contribution in [0.3, 0.4) is 0 Å². The highest BCUT2D eigenvalue weighted by atomic mass is 16.5. The molecule has 1 aromatic carbocycles. The maximum absolute atomic E-state index is 12.5. The molecule has 10 nitrogen and oxygen atoms in total. The number of amides is 3. The number of hydrogen-bond acceptors (Lipinski definition) is 7. The Morgan fingerprint density at radius 1 is 1.09 bits per heavy atom. The Bertz CT molecular complexity index is 930. The van der Waals surface area contributed by atoms with Crippen LogP contribution in [0.4, 0.5) is 11.6 Å². The van der Waals surface area contributed by atoms with E-state index in [2.05, 4.69) is 20.8 Å². The van der Waals surface area contributed by atoms with Crippen molar-refractivity contribution in [1.82, 2.24) is 25.9 Å². The van der Waals surface area contributed by atoms with Gasteiger partial charge in [0.1, 0.15) is 0 Å². The van der Waals surface area contributed by atoms with Crippen molar-refractivity contribution in [1.29, 1.82) is 0 Å². The van der Waals surface area contributed by atoms with Crippen LogP contribution in [0, 0.1) is 19.8 Å². The molecule has 3 amide bonds. The molecular weight excluding hydrogens is 424 g/mol. The number of rotatable bonds is 11. The number of aromatic nitrogens is 2. The Hall–Kier alpha value is -3.53. The van der Waals surface area contributed by atoms with Crippen LogP contribution in [0.1, 0.15) is 54.4 Å². The van der Waals surface area contributed by atoms with Gasteiger partial charge in [-0.05, 0) is 50.6 Å². The molecule has 0 spiro atoms. The van der Waals surface area contributed by atoms with Crippen LogP contribution < -0.4 is 15.8 Å². The van der Waals surface area contributed by atoms with Crippen molar-refractivity contribution in [3.8, 4) is 0 Å². The summed E-state index contributed by atoms with van der Waals surface area (Å²) in [5.74, 6) is -1.03. The third-order valence-electron chi connectivity index (χ3n) is 5.14. The van der Waals surface area contributed by atoms with Gasteiger partial charge in [-0.3, -0.25) is 30.4 Å². The average molecular weight is 457 g/mol. The summed E-state index contributed by atoms with van der Waals surface area (Å²) < 4.78 is 0. The number of hydroxylamine groups is 2. The molecule has 0 radical (unpaired) electrons. The molecule has 0 aliphatic carbocycles. The Balaban J connectivity index is 1.98. The van der Waals surface area contributed by atoms with Crippen molar-refractivity contribution in [2.24, 2.45) is 5.92 Å². The van der Waals surface area contributed by atoms with Crippen LogP contribution in [0.5, 0.6) is 0 Å². The van der Waals surface area contributed by atoms with Crippen molar-refractivity contribution >= 4 is 29.9 Å². The van der Waals surface area contributed by atoms with Crippen LogP contribution in [-0.2, 0) is 9.59 Å². The third-order valence-corrected chi connectivity index (χ3v) is 5.14. The normalized spacial score (nSPS) is 11.4. The number of nitrogens with zero attached hydrogens (tertiary/aromatic N) is 4. The van der Waals surface area contributed by atoms with Crippen LogP contribution in [-0.4, -0.2) is 52.1 Å². The van der Waals surface area contributed by atoms with Gasteiger partial charge in [-0.2, -0.15) is 0 Å². The molecule has 0 saturated heterocycles. The van der Waals surface area contributed by atoms with Crippen molar-refractivity contribution in [2.45, 2.75) is 46.5 Å². The molecule has 10 heteroatoms. The van der Waals surface area contributed by atoms with Gasteiger partial charge in [0.2, 0.25) is 18.3 Å². The minimum absolute atomic E-state index is 0.142. The van der Waals surface area contributed by atoms with Gasteiger partial charge in [-0.1, -0.05) is 26.2 Å². The molecule has 0 saturated carbocycles. The van der Waals surface area contributed by atoms with Crippen molar-refractivity contribution in [3.05, 3.63) is 47.3 Å². The van der Waals surface area contributed by atoms with Crippen molar-refractivity contribution in [2.75, 3.05) is 18.5 Å². The van der Waals surface area contributed by atoms with E-state index < -0.39 is 17.7 Å². The maximum Gasteiger partial charge on any atom is 0.269 e. The van der Waals surface area contributed by atoms with Gasteiger partial charge >= 0.3 is 0 Å². The van der Waals surface area contributed by atoms with E-state index in [0.717, 1.165) is 36.3 Å². The fourth-order valence-corrected chi connectivity index (χ4v) is 3.32. The number of hydrazine groups is 1. The fourth-order valence-electron chi connectivity index (χ4n) is 3.32. The summed E-state index contributed by atoms with van der Waals surface area (Å²) in [6.45, 7) is 5.70. The first-order valence-electron chi connectivity index (χ1n) is 10.9. The van der Waals surface area contributed by atoms with E-state index in [1.165, 1.54) is 0 Å².